The lowest BCUT2D eigenvalue weighted by Gasteiger charge is -2.39. The highest BCUT2D eigenvalue weighted by Crippen LogP contribution is 2.37. The molecule has 0 spiro atoms. The largest absolute Gasteiger partial charge is 0.323 e. The maximum absolute atomic E-state index is 12.2. The third kappa shape index (κ3) is 16.9. The van der Waals surface area contributed by atoms with Crippen LogP contribution in [0.5, 0.6) is 0 Å². The predicted molar refractivity (Wildman–Crippen MR) is 197 cm³/mol. The zero-order chi connectivity index (χ0) is 34.3. The van der Waals surface area contributed by atoms with Gasteiger partial charge in [-0.25, -0.2) is 0 Å². The monoisotopic (exact) mass is 633 g/mol. The van der Waals surface area contributed by atoms with E-state index in [-0.39, 0.29) is 27.7 Å². The van der Waals surface area contributed by atoms with E-state index in [1.54, 1.807) is 0 Å². The summed E-state index contributed by atoms with van der Waals surface area (Å²) >= 11 is 0. The van der Waals surface area contributed by atoms with Crippen molar-refractivity contribution in [1.82, 2.24) is 15.1 Å². The molecule has 264 valence electrons. The molecule has 0 amide bonds. The minimum absolute atomic E-state index is 0.0625. The molecule has 7 heteroatoms. The van der Waals surface area contributed by atoms with Crippen LogP contribution in [-0.2, 0) is 4.79 Å². The standard InChI is InChI=1S/C35H68N6O.C3H8/c1-28(2)31(42)25-34(7,8)16-15-32(3,4)14-11-19-38-26-29(39-36)24-33(5,6)17-18-35(9,10)41-23-22-40(27-41)30-12-20-37-21-13-30;1-3-2/h26,28,30,37H,11-25,27,36H2,1-10H3;3H2,1-2H3/b38-26?,39-29-;. The molecule has 2 rings (SSSR count). The third-order valence-corrected chi connectivity index (χ3v) is 10.1. The summed E-state index contributed by atoms with van der Waals surface area (Å²) in [5, 5.41) is 7.61. The van der Waals surface area contributed by atoms with Gasteiger partial charge in [0.05, 0.1) is 12.4 Å². The Balaban J connectivity index is 0.00000324. The Kier molecular flexibility index (Phi) is 18.1. The van der Waals surface area contributed by atoms with Gasteiger partial charge >= 0.3 is 0 Å². The van der Waals surface area contributed by atoms with E-state index in [1.807, 2.05) is 20.1 Å². The van der Waals surface area contributed by atoms with Crippen molar-refractivity contribution in [2.24, 2.45) is 38.1 Å². The van der Waals surface area contributed by atoms with Gasteiger partial charge in [0.1, 0.15) is 5.78 Å². The van der Waals surface area contributed by atoms with Crippen molar-refractivity contribution in [3.8, 4) is 0 Å². The number of ketones is 1. The molecule has 0 bridgehead atoms. The number of rotatable bonds is 18. The molecule has 0 radical (unpaired) electrons. The zero-order valence-electron chi connectivity index (χ0n) is 32.0. The number of nitrogens with two attached hydrogens (primary N) is 1. The summed E-state index contributed by atoms with van der Waals surface area (Å²) < 4.78 is 0. The molecular formula is C38H76N6O. The molecule has 0 aromatic heterocycles. The molecule has 0 aliphatic carbocycles. The molecular weight excluding hydrogens is 556 g/mol. The molecule has 0 unspecified atom stereocenters. The summed E-state index contributed by atoms with van der Waals surface area (Å²) in [7, 11) is 0. The third-order valence-electron chi connectivity index (χ3n) is 10.1. The van der Waals surface area contributed by atoms with Crippen molar-refractivity contribution in [3.63, 3.8) is 0 Å². The van der Waals surface area contributed by atoms with Crippen LogP contribution in [0.15, 0.2) is 10.1 Å². The van der Waals surface area contributed by atoms with Crippen LogP contribution in [-0.4, -0.2) is 78.5 Å². The van der Waals surface area contributed by atoms with Crippen LogP contribution >= 0.6 is 0 Å². The summed E-state index contributed by atoms with van der Waals surface area (Å²) in [5.74, 6) is 6.32. The van der Waals surface area contributed by atoms with Gasteiger partial charge < -0.3 is 11.2 Å². The number of piperidine rings is 1. The Morgan fingerprint density at radius 1 is 0.867 bits per heavy atom. The Morgan fingerprint density at radius 3 is 2.00 bits per heavy atom. The maximum Gasteiger partial charge on any atom is 0.135 e. The number of carbonyl (C=O) groups excluding carboxylic acids is 1. The van der Waals surface area contributed by atoms with Crippen molar-refractivity contribution >= 4 is 17.7 Å². The van der Waals surface area contributed by atoms with Crippen LogP contribution < -0.4 is 11.2 Å². The van der Waals surface area contributed by atoms with E-state index in [2.05, 4.69) is 89.5 Å². The van der Waals surface area contributed by atoms with Gasteiger partial charge in [0.15, 0.2) is 0 Å². The van der Waals surface area contributed by atoms with Crippen LogP contribution in [0.4, 0.5) is 0 Å². The normalized spacial score (nSPS) is 18.6. The lowest BCUT2D eigenvalue weighted by molar-refractivity contribution is -0.124. The number of hydrogen-bond acceptors (Lipinski definition) is 7. The van der Waals surface area contributed by atoms with E-state index >= 15 is 0 Å². The fraction of sp³-hybridized carbons (Fsp3) is 0.921. The lowest BCUT2D eigenvalue weighted by Crippen LogP contribution is -2.46. The summed E-state index contributed by atoms with van der Waals surface area (Å²) in [6.45, 7) is 33.5. The van der Waals surface area contributed by atoms with E-state index in [1.165, 1.54) is 32.4 Å². The molecule has 2 aliphatic heterocycles. The second-order valence-electron chi connectivity index (χ2n) is 17.4. The van der Waals surface area contributed by atoms with E-state index in [0.717, 1.165) is 83.0 Å². The number of hydrogen-bond donors (Lipinski definition) is 2. The second-order valence-corrected chi connectivity index (χ2v) is 17.4. The van der Waals surface area contributed by atoms with Crippen molar-refractivity contribution in [2.45, 2.75) is 165 Å². The van der Waals surface area contributed by atoms with Crippen molar-refractivity contribution in [3.05, 3.63) is 0 Å². The molecule has 0 saturated carbocycles. The Bertz CT molecular complexity index is 898. The molecule has 7 nitrogen and oxygen atoms in total. The first-order valence-electron chi connectivity index (χ1n) is 18.4. The van der Waals surface area contributed by atoms with Crippen molar-refractivity contribution < 1.29 is 4.79 Å². The highest BCUT2D eigenvalue weighted by atomic mass is 16.1. The zero-order valence-corrected chi connectivity index (χ0v) is 32.0. The summed E-state index contributed by atoms with van der Waals surface area (Å²) in [6.07, 6.45) is 13.9. The molecule has 3 N–H and O–H groups in total. The number of Topliss-reactive ketones (excluding diaryl/α,β-unsaturated/α-hetero) is 1. The molecule has 0 aromatic carbocycles. The Morgan fingerprint density at radius 2 is 1.42 bits per heavy atom. The fourth-order valence-electron chi connectivity index (χ4n) is 6.46. The SMILES string of the molecule is CC(C)C(=O)CC(C)(C)CCC(C)(C)CCCN=C/C(CC(C)(C)CCC(C)(C)N1CCN(C2CCNCC2)C1)=N\N.CCC. The fourth-order valence-corrected chi connectivity index (χ4v) is 6.46. The van der Waals surface area contributed by atoms with Crippen LogP contribution in [0.25, 0.3) is 0 Å². The number of nitrogens with one attached hydrogen (secondary N) is 1. The van der Waals surface area contributed by atoms with Crippen LogP contribution in [0.1, 0.15) is 154 Å². The van der Waals surface area contributed by atoms with E-state index in [9.17, 15) is 4.79 Å². The number of carbonyl (C=O) groups is 1. The Hall–Kier alpha value is -1.31. The van der Waals surface area contributed by atoms with Crippen LogP contribution in [0.2, 0.25) is 0 Å². The van der Waals surface area contributed by atoms with Gasteiger partial charge in [-0.1, -0.05) is 75.7 Å². The highest BCUT2D eigenvalue weighted by Gasteiger charge is 2.36. The molecule has 0 atom stereocenters. The van der Waals surface area contributed by atoms with Gasteiger partial charge in [-0.2, -0.15) is 5.10 Å². The van der Waals surface area contributed by atoms with Gasteiger partial charge in [0.25, 0.3) is 0 Å². The summed E-state index contributed by atoms with van der Waals surface area (Å²) in [5.41, 5.74) is 1.49. The molecule has 2 aliphatic rings. The number of hydrazone groups is 1. The molecule has 2 fully saturated rings. The summed E-state index contributed by atoms with van der Waals surface area (Å²) in [4.78, 5) is 22.4. The van der Waals surface area contributed by atoms with E-state index in [4.69, 9.17) is 10.8 Å². The molecule has 2 saturated heterocycles. The lowest BCUT2D eigenvalue weighted by atomic mass is 9.74. The summed E-state index contributed by atoms with van der Waals surface area (Å²) in [6, 6.07) is 0.746. The predicted octanol–water partition coefficient (Wildman–Crippen LogP) is 8.32. The number of aliphatic imine (C=N–C) groups is 1. The highest BCUT2D eigenvalue weighted by molar-refractivity contribution is 6.30. The van der Waals surface area contributed by atoms with Gasteiger partial charge in [0, 0.05) is 49.8 Å². The quantitative estimate of drug-likeness (QED) is 0.0687. The first kappa shape index (κ1) is 41.7. The van der Waals surface area contributed by atoms with Crippen molar-refractivity contribution in [1.29, 1.82) is 0 Å². The first-order valence-corrected chi connectivity index (χ1v) is 18.4. The van der Waals surface area contributed by atoms with E-state index < -0.39 is 0 Å². The van der Waals surface area contributed by atoms with Crippen molar-refractivity contribution in [2.75, 3.05) is 39.4 Å². The van der Waals surface area contributed by atoms with Crippen LogP contribution in [0.3, 0.4) is 0 Å². The van der Waals surface area contributed by atoms with Gasteiger partial charge in [-0.15, -0.1) is 0 Å². The minimum atomic E-state index is 0.0625. The second kappa shape index (κ2) is 19.5. The van der Waals surface area contributed by atoms with Gasteiger partial charge in [-0.3, -0.25) is 19.6 Å². The first-order chi connectivity index (χ1) is 20.9. The molecule has 45 heavy (non-hydrogen) atoms. The Labute approximate surface area is 280 Å². The molecule has 0 aromatic rings. The van der Waals surface area contributed by atoms with Gasteiger partial charge in [-0.05, 0) is 101 Å². The van der Waals surface area contributed by atoms with E-state index in [0.29, 0.717) is 12.2 Å². The molecule has 2 heterocycles. The average Bonchev–Trinajstić information content (AvgIpc) is 3.47. The topological polar surface area (TPSA) is 86.3 Å². The van der Waals surface area contributed by atoms with Gasteiger partial charge in [0.2, 0.25) is 0 Å². The minimum Gasteiger partial charge on any atom is -0.323 e. The maximum atomic E-state index is 12.2. The average molecular weight is 633 g/mol. The smallest absolute Gasteiger partial charge is 0.135 e. The van der Waals surface area contributed by atoms with Crippen LogP contribution in [0, 0.1) is 22.2 Å². The number of nitrogens with zero attached hydrogens (tertiary/aromatic N) is 4.